The van der Waals surface area contributed by atoms with Crippen LogP contribution in [0.25, 0.3) is 0 Å². The van der Waals surface area contributed by atoms with E-state index in [1.807, 2.05) is 6.07 Å². The molecule has 1 atom stereocenters. The van der Waals surface area contributed by atoms with Crippen molar-refractivity contribution in [1.29, 1.82) is 0 Å². The zero-order valence-electron chi connectivity index (χ0n) is 11.3. The zero-order chi connectivity index (χ0) is 15.2. The molecule has 2 rings (SSSR count). The Morgan fingerprint density at radius 2 is 2.19 bits per heavy atom. The van der Waals surface area contributed by atoms with Crippen LogP contribution in [0.15, 0.2) is 42.7 Å². The molecular weight excluding hydrogens is 278 g/mol. The van der Waals surface area contributed by atoms with Gasteiger partial charge >= 0.3 is 0 Å². The largest absolute Gasteiger partial charge is 0.481 e. The van der Waals surface area contributed by atoms with Gasteiger partial charge in [-0.3, -0.25) is 9.78 Å². The van der Waals surface area contributed by atoms with Gasteiger partial charge in [-0.1, -0.05) is 6.07 Å². The van der Waals surface area contributed by atoms with Crippen molar-refractivity contribution in [3.63, 3.8) is 0 Å². The van der Waals surface area contributed by atoms with Gasteiger partial charge in [-0.05, 0) is 30.7 Å². The highest BCUT2D eigenvalue weighted by Crippen LogP contribution is 2.17. The standard InChI is InChI=1S/C15H14F2N2O2/c1-10(11-3-2-6-18-8-11)19-15(20)9-21-14-5-4-12(16)7-13(14)17/h2-8,10H,9H2,1H3,(H,19,20). The molecule has 0 saturated carbocycles. The summed E-state index contributed by atoms with van der Waals surface area (Å²) < 4.78 is 31.1. The minimum Gasteiger partial charge on any atom is -0.481 e. The summed E-state index contributed by atoms with van der Waals surface area (Å²) in [6.07, 6.45) is 3.28. The predicted octanol–water partition coefficient (Wildman–Crippen LogP) is 2.62. The first-order chi connectivity index (χ1) is 10.1. The fourth-order valence-corrected chi connectivity index (χ4v) is 1.73. The monoisotopic (exact) mass is 292 g/mol. The molecule has 0 aliphatic carbocycles. The van der Waals surface area contributed by atoms with Crippen molar-refractivity contribution in [1.82, 2.24) is 10.3 Å². The summed E-state index contributed by atoms with van der Waals surface area (Å²) >= 11 is 0. The lowest BCUT2D eigenvalue weighted by Crippen LogP contribution is -2.31. The van der Waals surface area contributed by atoms with Crippen LogP contribution in [0.4, 0.5) is 8.78 Å². The molecule has 1 aromatic heterocycles. The Balaban J connectivity index is 1.87. The zero-order valence-corrected chi connectivity index (χ0v) is 11.3. The first kappa shape index (κ1) is 14.9. The molecule has 2 aromatic rings. The lowest BCUT2D eigenvalue weighted by Gasteiger charge is -2.14. The number of rotatable bonds is 5. The van der Waals surface area contributed by atoms with Crippen molar-refractivity contribution in [2.75, 3.05) is 6.61 Å². The highest BCUT2D eigenvalue weighted by atomic mass is 19.1. The SMILES string of the molecule is CC(NC(=O)COc1ccc(F)cc1F)c1cccnc1. The van der Waals surface area contributed by atoms with Gasteiger partial charge in [-0.25, -0.2) is 8.78 Å². The van der Waals surface area contributed by atoms with Gasteiger partial charge in [0.1, 0.15) is 5.82 Å². The number of pyridine rings is 1. The summed E-state index contributed by atoms with van der Waals surface area (Å²) in [5.41, 5.74) is 0.846. The number of carbonyl (C=O) groups excluding carboxylic acids is 1. The van der Waals surface area contributed by atoms with Crippen molar-refractivity contribution in [2.24, 2.45) is 0 Å². The van der Waals surface area contributed by atoms with Crippen LogP contribution in [-0.2, 0) is 4.79 Å². The van der Waals surface area contributed by atoms with Gasteiger partial charge in [0.05, 0.1) is 6.04 Å². The van der Waals surface area contributed by atoms with Gasteiger partial charge < -0.3 is 10.1 Å². The molecule has 21 heavy (non-hydrogen) atoms. The van der Waals surface area contributed by atoms with Crippen LogP contribution in [0.2, 0.25) is 0 Å². The lowest BCUT2D eigenvalue weighted by atomic mass is 10.1. The maximum Gasteiger partial charge on any atom is 0.258 e. The molecule has 1 unspecified atom stereocenters. The van der Waals surface area contributed by atoms with E-state index < -0.39 is 17.5 Å². The van der Waals surface area contributed by atoms with Crippen LogP contribution in [0, 0.1) is 11.6 Å². The normalized spacial score (nSPS) is 11.8. The predicted molar refractivity (Wildman–Crippen MR) is 72.6 cm³/mol. The molecule has 1 aromatic carbocycles. The van der Waals surface area contributed by atoms with Crippen molar-refractivity contribution < 1.29 is 18.3 Å². The number of ether oxygens (including phenoxy) is 1. The van der Waals surface area contributed by atoms with Crippen LogP contribution < -0.4 is 10.1 Å². The van der Waals surface area contributed by atoms with E-state index in [1.165, 1.54) is 0 Å². The quantitative estimate of drug-likeness (QED) is 0.921. The van der Waals surface area contributed by atoms with E-state index in [0.29, 0.717) is 6.07 Å². The van der Waals surface area contributed by atoms with E-state index in [0.717, 1.165) is 17.7 Å². The summed E-state index contributed by atoms with van der Waals surface area (Å²) in [5, 5.41) is 2.70. The van der Waals surface area contributed by atoms with E-state index in [9.17, 15) is 13.6 Å². The molecule has 0 spiro atoms. The number of carbonyl (C=O) groups is 1. The smallest absolute Gasteiger partial charge is 0.258 e. The lowest BCUT2D eigenvalue weighted by molar-refractivity contribution is -0.123. The Hall–Kier alpha value is -2.50. The summed E-state index contributed by atoms with van der Waals surface area (Å²) in [7, 11) is 0. The molecule has 0 radical (unpaired) electrons. The molecule has 0 aliphatic rings. The molecule has 1 amide bonds. The Morgan fingerprint density at radius 1 is 1.38 bits per heavy atom. The Kier molecular flexibility index (Phi) is 4.81. The molecule has 110 valence electrons. The molecule has 0 bridgehead atoms. The average molecular weight is 292 g/mol. The molecule has 0 aliphatic heterocycles. The number of halogens is 2. The van der Waals surface area contributed by atoms with Crippen molar-refractivity contribution in [2.45, 2.75) is 13.0 Å². The number of nitrogens with zero attached hydrogens (tertiary/aromatic N) is 1. The minimum absolute atomic E-state index is 0.166. The van der Waals surface area contributed by atoms with Crippen molar-refractivity contribution >= 4 is 5.91 Å². The van der Waals surface area contributed by atoms with E-state index in [1.54, 1.807) is 25.4 Å². The van der Waals surface area contributed by atoms with Crippen LogP contribution in [0.5, 0.6) is 5.75 Å². The average Bonchev–Trinajstić information content (AvgIpc) is 2.47. The second-order valence-corrected chi connectivity index (χ2v) is 4.44. The molecule has 1 N–H and O–H groups in total. The summed E-state index contributed by atoms with van der Waals surface area (Å²) in [6.45, 7) is 1.44. The van der Waals surface area contributed by atoms with Crippen LogP contribution in [0.1, 0.15) is 18.5 Å². The maximum absolute atomic E-state index is 13.3. The molecular formula is C15H14F2N2O2. The Morgan fingerprint density at radius 3 is 2.86 bits per heavy atom. The number of hydrogen-bond donors (Lipinski definition) is 1. The van der Waals surface area contributed by atoms with Crippen LogP contribution >= 0.6 is 0 Å². The van der Waals surface area contributed by atoms with Crippen LogP contribution in [0.3, 0.4) is 0 Å². The van der Waals surface area contributed by atoms with Gasteiger partial charge in [0.15, 0.2) is 18.2 Å². The van der Waals surface area contributed by atoms with Gasteiger partial charge in [0, 0.05) is 18.5 Å². The van der Waals surface area contributed by atoms with Gasteiger partial charge in [-0.15, -0.1) is 0 Å². The van der Waals surface area contributed by atoms with E-state index in [4.69, 9.17) is 4.74 Å². The second kappa shape index (κ2) is 6.78. The third-order valence-corrected chi connectivity index (χ3v) is 2.81. The first-order valence-corrected chi connectivity index (χ1v) is 6.33. The van der Waals surface area contributed by atoms with Gasteiger partial charge in [0.25, 0.3) is 5.91 Å². The number of nitrogens with one attached hydrogen (secondary N) is 1. The number of benzene rings is 1. The van der Waals surface area contributed by atoms with E-state index >= 15 is 0 Å². The fourth-order valence-electron chi connectivity index (χ4n) is 1.73. The number of aromatic nitrogens is 1. The maximum atomic E-state index is 13.3. The molecule has 0 fully saturated rings. The number of amides is 1. The molecule has 4 nitrogen and oxygen atoms in total. The van der Waals surface area contributed by atoms with E-state index in [-0.39, 0.29) is 18.4 Å². The van der Waals surface area contributed by atoms with Gasteiger partial charge in [-0.2, -0.15) is 0 Å². The minimum atomic E-state index is -0.844. The van der Waals surface area contributed by atoms with Crippen molar-refractivity contribution in [3.8, 4) is 5.75 Å². The third-order valence-electron chi connectivity index (χ3n) is 2.81. The molecule has 0 saturated heterocycles. The summed E-state index contributed by atoms with van der Waals surface area (Å²) in [4.78, 5) is 15.7. The molecule has 1 heterocycles. The second-order valence-electron chi connectivity index (χ2n) is 4.44. The highest BCUT2D eigenvalue weighted by Gasteiger charge is 2.11. The first-order valence-electron chi connectivity index (χ1n) is 6.33. The topological polar surface area (TPSA) is 51.2 Å². The Labute approximate surface area is 120 Å². The fraction of sp³-hybridized carbons (Fsp3) is 0.200. The van der Waals surface area contributed by atoms with E-state index in [2.05, 4.69) is 10.3 Å². The van der Waals surface area contributed by atoms with Crippen molar-refractivity contribution in [3.05, 3.63) is 59.9 Å². The summed E-state index contributed by atoms with van der Waals surface area (Å²) in [5.74, 6) is -2.12. The number of hydrogen-bond acceptors (Lipinski definition) is 3. The van der Waals surface area contributed by atoms with Crippen LogP contribution in [-0.4, -0.2) is 17.5 Å². The van der Waals surface area contributed by atoms with Gasteiger partial charge in [0.2, 0.25) is 0 Å². The third kappa shape index (κ3) is 4.24. The highest BCUT2D eigenvalue weighted by molar-refractivity contribution is 5.78. The Bertz CT molecular complexity index is 620. The molecule has 6 heteroatoms. The summed E-state index contributed by atoms with van der Waals surface area (Å²) in [6, 6.07) is 6.26.